The van der Waals surface area contributed by atoms with Crippen LogP contribution in [0.3, 0.4) is 0 Å². The Kier molecular flexibility index (Phi) is 14.1. The van der Waals surface area contributed by atoms with E-state index in [9.17, 15) is 20.4 Å². The first-order valence-corrected chi connectivity index (χ1v) is 16.0. The molecule has 0 saturated carbocycles. The van der Waals surface area contributed by atoms with Gasteiger partial charge in [-0.2, -0.15) is 0 Å². The number of phenolic OH excluding ortho intramolecular Hbond substituents is 4. The summed E-state index contributed by atoms with van der Waals surface area (Å²) in [5.74, 6) is 2.52. The van der Waals surface area contributed by atoms with Crippen molar-refractivity contribution in [2.24, 2.45) is 0 Å². The maximum atomic E-state index is 9.50. The Morgan fingerprint density at radius 3 is 0.592 bits per heavy atom. The second-order valence-electron chi connectivity index (χ2n) is 11.4. The second-order valence-corrected chi connectivity index (χ2v) is 11.4. The zero-order valence-corrected chi connectivity index (χ0v) is 28.6. The number of hydrogen-bond donors (Lipinski definition) is 4. The first kappa shape index (κ1) is 36.5. The van der Waals surface area contributed by atoms with Gasteiger partial charge in [-0.1, -0.05) is 170 Å². The van der Waals surface area contributed by atoms with E-state index in [1.165, 1.54) is 0 Å². The van der Waals surface area contributed by atoms with Gasteiger partial charge in [-0.15, -0.1) is 0 Å². The fraction of sp³-hybridized carbons (Fsp3) is 0.0909. The summed E-state index contributed by atoms with van der Waals surface area (Å²) in [6.07, 6.45) is 32.5. The van der Waals surface area contributed by atoms with Gasteiger partial charge in [0.1, 0.15) is 23.0 Å². The van der Waals surface area contributed by atoms with Crippen LogP contribution < -0.4 is 0 Å². The summed E-state index contributed by atoms with van der Waals surface area (Å²) in [4.78, 5) is 0. The number of phenols is 4. The molecule has 0 heterocycles. The quantitative estimate of drug-likeness (QED) is 0.162. The van der Waals surface area contributed by atoms with Gasteiger partial charge in [0, 0.05) is 67.6 Å². The molecule has 4 aliphatic carbocycles. The van der Waals surface area contributed by atoms with Crippen LogP contribution in [-0.4, -0.2) is 20.4 Å². The van der Waals surface area contributed by atoms with Crippen molar-refractivity contribution in [1.29, 1.82) is 0 Å². The molecule has 0 aliphatic heterocycles. The van der Waals surface area contributed by atoms with Crippen molar-refractivity contribution in [3.8, 4) is 23.0 Å². The van der Waals surface area contributed by atoms with E-state index in [0.29, 0.717) is 23.0 Å². The van der Waals surface area contributed by atoms with Crippen LogP contribution in [0.15, 0.2) is 194 Å². The molecule has 0 radical (unpaired) electrons. The van der Waals surface area contributed by atoms with Gasteiger partial charge in [0.25, 0.3) is 0 Å². The minimum atomic E-state index is 0. The number of benzene rings is 4. The van der Waals surface area contributed by atoms with Crippen LogP contribution in [0.4, 0.5) is 0 Å². The molecule has 0 unspecified atom stereocenters. The van der Waals surface area contributed by atoms with Crippen molar-refractivity contribution < 1.29 is 42.1 Å². The molecule has 4 aliphatic rings. The van der Waals surface area contributed by atoms with Crippen LogP contribution in [0, 0.1) is 0 Å². The summed E-state index contributed by atoms with van der Waals surface area (Å²) in [6, 6.07) is 29.7. The first-order chi connectivity index (χ1) is 23.5. The third-order valence-corrected chi connectivity index (χ3v) is 8.18. The summed E-state index contributed by atoms with van der Waals surface area (Å²) in [6.45, 7) is 0. The third-order valence-electron chi connectivity index (χ3n) is 8.18. The Morgan fingerprint density at radius 2 is 0.429 bits per heavy atom. The van der Waals surface area contributed by atoms with E-state index in [4.69, 9.17) is 0 Å². The first-order valence-electron chi connectivity index (χ1n) is 16.0. The number of rotatable bonds is 4. The van der Waals surface area contributed by atoms with Gasteiger partial charge in [-0.25, -0.2) is 0 Å². The van der Waals surface area contributed by atoms with Gasteiger partial charge in [0.2, 0.25) is 0 Å². The van der Waals surface area contributed by atoms with E-state index >= 15 is 0 Å². The number of hydrogen-bond acceptors (Lipinski definition) is 4. The van der Waals surface area contributed by atoms with Crippen molar-refractivity contribution in [2.75, 3.05) is 0 Å². The Hall–Kier alpha value is -5.29. The largest absolute Gasteiger partial charge is 0.508 e. The molecule has 0 amide bonds. The maximum absolute atomic E-state index is 9.50. The van der Waals surface area contributed by atoms with E-state index in [0.717, 1.165) is 22.3 Å². The van der Waals surface area contributed by atoms with Crippen molar-refractivity contribution in [1.82, 2.24) is 0 Å². The monoisotopic (exact) mass is 680 g/mol. The van der Waals surface area contributed by atoms with Crippen LogP contribution >= 0.6 is 0 Å². The van der Waals surface area contributed by atoms with Crippen LogP contribution in [0.1, 0.15) is 45.9 Å². The molecule has 8 rings (SSSR count). The topological polar surface area (TPSA) is 80.9 Å². The summed E-state index contributed by atoms with van der Waals surface area (Å²) in [7, 11) is 0. The van der Waals surface area contributed by atoms with Crippen LogP contribution in [0.5, 0.6) is 23.0 Å². The summed E-state index contributed by atoms with van der Waals surface area (Å²) in [5.41, 5.74) is 3.90. The zero-order valence-electron chi connectivity index (χ0n) is 27.1. The van der Waals surface area contributed by atoms with Crippen molar-refractivity contribution >= 4 is 0 Å². The SMILES string of the molecule is Oc1ccccc1C1C=CC=C1.Oc1ccccc1C1C=CC=C1.Oc1ccccc1C1C=CC=C1.Oc1ccccc1C1C=CC=C1.[Ti]. The smallest absolute Gasteiger partial charge is 0.119 e. The average molecular weight is 681 g/mol. The second kappa shape index (κ2) is 18.9. The molecule has 244 valence electrons. The molecule has 0 fully saturated rings. The van der Waals surface area contributed by atoms with Crippen LogP contribution in [-0.2, 0) is 21.7 Å². The summed E-state index contributed by atoms with van der Waals surface area (Å²) in [5, 5.41) is 38.0. The molecular formula is C44H40O4Ti. The van der Waals surface area contributed by atoms with Gasteiger partial charge < -0.3 is 20.4 Å². The number of para-hydroxylation sites is 4. The van der Waals surface area contributed by atoms with Gasteiger partial charge in [0.05, 0.1) is 0 Å². The molecule has 0 bridgehead atoms. The predicted octanol–water partition coefficient (Wildman–Crippen LogP) is 10.4. The van der Waals surface area contributed by atoms with E-state index in [-0.39, 0.29) is 45.4 Å². The molecule has 5 heteroatoms. The van der Waals surface area contributed by atoms with Crippen LogP contribution in [0.25, 0.3) is 0 Å². The van der Waals surface area contributed by atoms with Gasteiger partial charge in [-0.05, 0) is 24.3 Å². The zero-order chi connectivity index (χ0) is 33.6. The number of allylic oxidation sites excluding steroid dienone is 16. The molecule has 4 aromatic rings. The van der Waals surface area contributed by atoms with Crippen LogP contribution in [0.2, 0.25) is 0 Å². The Morgan fingerprint density at radius 1 is 0.265 bits per heavy atom. The molecule has 4 nitrogen and oxygen atoms in total. The average Bonchev–Trinajstić information content (AvgIpc) is 3.95. The van der Waals surface area contributed by atoms with E-state index < -0.39 is 0 Å². The Labute approximate surface area is 304 Å². The molecule has 0 atom stereocenters. The molecule has 0 aromatic heterocycles. The van der Waals surface area contributed by atoms with Crippen molar-refractivity contribution in [3.63, 3.8) is 0 Å². The minimum Gasteiger partial charge on any atom is -0.508 e. The standard InChI is InChI=1S/4C11H10O.Ti/c4*12-11-8-4-3-7-10(11)9-5-1-2-6-9;/h4*1-9,12H;. The van der Waals surface area contributed by atoms with Crippen molar-refractivity contribution in [3.05, 3.63) is 217 Å². The van der Waals surface area contributed by atoms with Gasteiger partial charge >= 0.3 is 0 Å². The molecule has 0 spiro atoms. The summed E-state index contributed by atoms with van der Waals surface area (Å²) < 4.78 is 0. The molecule has 49 heavy (non-hydrogen) atoms. The van der Waals surface area contributed by atoms with Crippen molar-refractivity contribution in [2.45, 2.75) is 23.7 Å². The van der Waals surface area contributed by atoms with Gasteiger partial charge in [0.15, 0.2) is 0 Å². The molecule has 0 saturated heterocycles. The van der Waals surface area contributed by atoms with E-state index in [1.807, 2.05) is 121 Å². The maximum Gasteiger partial charge on any atom is 0.119 e. The van der Waals surface area contributed by atoms with E-state index in [2.05, 4.69) is 48.6 Å². The molecule has 4 aromatic carbocycles. The fourth-order valence-corrected chi connectivity index (χ4v) is 5.63. The van der Waals surface area contributed by atoms with Gasteiger partial charge in [-0.3, -0.25) is 0 Å². The Bertz CT molecular complexity index is 1580. The third kappa shape index (κ3) is 10.3. The predicted molar refractivity (Wildman–Crippen MR) is 197 cm³/mol. The van der Waals surface area contributed by atoms with E-state index in [1.54, 1.807) is 24.3 Å². The normalized spacial score (nSPS) is 15.3. The minimum absolute atomic E-state index is 0. The fourth-order valence-electron chi connectivity index (χ4n) is 5.63. The summed E-state index contributed by atoms with van der Waals surface area (Å²) >= 11 is 0. The number of aromatic hydroxyl groups is 4. The Balaban J connectivity index is 0.000000146. The molecular weight excluding hydrogens is 640 g/mol. The molecule has 4 N–H and O–H groups in total.